The highest BCUT2D eigenvalue weighted by atomic mass is 16.4. The normalized spacial score (nSPS) is 10.6. The maximum atomic E-state index is 11.0. The Hall–Kier alpha value is -1.77. The molecule has 2 N–H and O–H groups in total. The van der Waals surface area contributed by atoms with Gasteiger partial charge in [0.05, 0.1) is 5.69 Å². The van der Waals surface area contributed by atoms with E-state index in [0.29, 0.717) is 11.3 Å². The molecule has 2 rings (SSSR count). The van der Waals surface area contributed by atoms with Gasteiger partial charge in [0.25, 0.3) is 0 Å². The van der Waals surface area contributed by atoms with E-state index in [9.17, 15) is 4.79 Å². The predicted octanol–water partition coefficient (Wildman–Crippen LogP) is 1.94. The molecular weight excluding hydrogens is 178 g/mol. The first-order valence-electron chi connectivity index (χ1n) is 4.53. The lowest BCUT2D eigenvalue weighted by atomic mass is 10.1. The van der Waals surface area contributed by atoms with Crippen LogP contribution in [-0.2, 0) is 6.42 Å². The van der Waals surface area contributed by atoms with E-state index in [1.54, 1.807) is 6.07 Å². The summed E-state index contributed by atoms with van der Waals surface area (Å²) >= 11 is 0. The Morgan fingerprint density at radius 1 is 1.29 bits per heavy atom. The summed E-state index contributed by atoms with van der Waals surface area (Å²) in [6, 6.07) is 6.98. The second kappa shape index (κ2) is 3.18. The molecule has 0 radical (unpaired) electrons. The maximum absolute atomic E-state index is 11.0. The van der Waals surface area contributed by atoms with Gasteiger partial charge in [-0.25, -0.2) is 4.79 Å². The zero-order valence-corrected chi connectivity index (χ0v) is 7.91. The third-order valence-corrected chi connectivity index (χ3v) is 2.30. The highest BCUT2D eigenvalue weighted by Crippen LogP contribution is 2.23. The van der Waals surface area contributed by atoms with Gasteiger partial charge in [0.2, 0.25) is 0 Å². The largest absolute Gasteiger partial charge is 0.420 e. The van der Waals surface area contributed by atoms with Gasteiger partial charge in [0, 0.05) is 11.5 Å². The van der Waals surface area contributed by atoms with Crippen LogP contribution in [-0.4, -0.2) is 0 Å². The fourth-order valence-electron chi connectivity index (χ4n) is 1.50. The molecule has 3 heteroatoms. The van der Waals surface area contributed by atoms with Crippen molar-refractivity contribution in [2.75, 3.05) is 5.73 Å². The summed E-state index contributed by atoms with van der Waals surface area (Å²) in [5, 5.41) is 0.860. The lowest BCUT2D eigenvalue weighted by Gasteiger charge is -2.04. The third-order valence-electron chi connectivity index (χ3n) is 2.30. The lowest BCUT2D eigenvalue weighted by Crippen LogP contribution is -1.99. The van der Waals surface area contributed by atoms with Crippen LogP contribution >= 0.6 is 0 Å². The monoisotopic (exact) mass is 189 g/mol. The summed E-state index contributed by atoms with van der Waals surface area (Å²) in [5.41, 5.74) is 7.58. The van der Waals surface area contributed by atoms with Crippen LogP contribution in [0.5, 0.6) is 0 Å². The van der Waals surface area contributed by atoms with E-state index < -0.39 is 0 Å². The molecule has 0 amide bonds. The van der Waals surface area contributed by atoms with Crippen molar-refractivity contribution < 1.29 is 4.42 Å². The Kier molecular flexibility index (Phi) is 2.00. The molecule has 2 aromatic rings. The second-order valence-electron chi connectivity index (χ2n) is 3.16. The van der Waals surface area contributed by atoms with Gasteiger partial charge in [-0.05, 0) is 18.1 Å². The van der Waals surface area contributed by atoms with Gasteiger partial charge in [-0.3, -0.25) is 0 Å². The molecule has 0 unspecified atom stereocenters. The third kappa shape index (κ3) is 1.27. The molecule has 0 saturated carbocycles. The first-order chi connectivity index (χ1) is 6.72. The molecule has 72 valence electrons. The average molecular weight is 189 g/mol. The van der Waals surface area contributed by atoms with E-state index in [1.807, 2.05) is 19.1 Å². The van der Waals surface area contributed by atoms with E-state index in [2.05, 4.69) is 0 Å². The topological polar surface area (TPSA) is 56.2 Å². The smallest absolute Gasteiger partial charge is 0.336 e. The van der Waals surface area contributed by atoms with E-state index in [4.69, 9.17) is 10.2 Å². The van der Waals surface area contributed by atoms with E-state index in [-0.39, 0.29) is 5.63 Å². The zero-order chi connectivity index (χ0) is 10.1. The molecule has 0 aliphatic carbocycles. The Morgan fingerprint density at radius 2 is 2.00 bits per heavy atom. The second-order valence-corrected chi connectivity index (χ2v) is 3.16. The fourth-order valence-corrected chi connectivity index (χ4v) is 1.50. The lowest BCUT2D eigenvalue weighted by molar-refractivity contribution is 0.562. The number of nitrogens with two attached hydrogens (primary N) is 1. The molecule has 14 heavy (non-hydrogen) atoms. The average Bonchev–Trinajstić information content (AvgIpc) is 2.20. The molecule has 1 aromatic heterocycles. The van der Waals surface area contributed by atoms with Crippen molar-refractivity contribution in [1.82, 2.24) is 0 Å². The highest BCUT2D eigenvalue weighted by Gasteiger charge is 2.05. The van der Waals surface area contributed by atoms with Crippen molar-refractivity contribution >= 4 is 16.7 Å². The van der Waals surface area contributed by atoms with E-state index >= 15 is 0 Å². The number of aryl methyl sites for hydroxylation is 1. The van der Waals surface area contributed by atoms with Gasteiger partial charge in [-0.1, -0.05) is 19.1 Å². The minimum Gasteiger partial charge on any atom is -0.420 e. The molecule has 0 atom stereocenters. The summed E-state index contributed by atoms with van der Waals surface area (Å²) in [4.78, 5) is 11.0. The SMILES string of the molecule is CCc1ccc2ccc(=O)oc2c1N. The molecule has 0 fully saturated rings. The van der Waals surface area contributed by atoms with Crippen molar-refractivity contribution in [3.05, 3.63) is 40.2 Å². The predicted molar refractivity (Wildman–Crippen MR) is 56.3 cm³/mol. The van der Waals surface area contributed by atoms with Gasteiger partial charge in [-0.2, -0.15) is 0 Å². The minimum absolute atomic E-state index is 0.363. The molecule has 0 spiro atoms. The number of hydrogen-bond acceptors (Lipinski definition) is 3. The Morgan fingerprint density at radius 3 is 2.71 bits per heavy atom. The van der Waals surface area contributed by atoms with Crippen molar-refractivity contribution in [1.29, 1.82) is 0 Å². The Balaban J connectivity index is 2.86. The maximum Gasteiger partial charge on any atom is 0.336 e. The van der Waals surface area contributed by atoms with Crippen molar-refractivity contribution in [2.45, 2.75) is 13.3 Å². The van der Waals surface area contributed by atoms with Crippen molar-refractivity contribution in [3.8, 4) is 0 Å². The van der Waals surface area contributed by atoms with E-state index in [1.165, 1.54) is 6.07 Å². The number of rotatable bonds is 1. The van der Waals surface area contributed by atoms with Crippen LogP contribution < -0.4 is 11.4 Å². The van der Waals surface area contributed by atoms with Gasteiger partial charge in [0.1, 0.15) is 0 Å². The molecule has 0 bridgehead atoms. The van der Waals surface area contributed by atoms with Crippen LogP contribution in [0.2, 0.25) is 0 Å². The summed E-state index contributed by atoms with van der Waals surface area (Å²) < 4.78 is 5.05. The van der Waals surface area contributed by atoms with Crippen LogP contribution in [0, 0.1) is 0 Å². The fraction of sp³-hybridized carbons (Fsp3) is 0.182. The number of benzene rings is 1. The van der Waals surface area contributed by atoms with Crippen LogP contribution in [0.25, 0.3) is 11.0 Å². The number of anilines is 1. The number of hydrogen-bond donors (Lipinski definition) is 1. The zero-order valence-electron chi connectivity index (χ0n) is 7.91. The van der Waals surface area contributed by atoms with Crippen LogP contribution in [0.3, 0.4) is 0 Å². The molecule has 1 aromatic carbocycles. The molecular formula is C11H11NO2. The van der Waals surface area contributed by atoms with Crippen LogP contribution in [0.15, 0.2) is 33.5 Å². The van der Waals surface area contributed by atoms with E-state index in [0.717, 1.165) is 17.4 Å². The molecule has 0 saturated heterocycles. The first-order valence-corrected chi connectivity index (χ1v) is 4.53. The van der Waals surface area contributed by atoms with Crippen molar-refractivity contribution in [2.24, 2.45) is 0 Å². The first kappa shape index (κ1) is 8.81. The Labute approximate surface area is 81.1 Å². The summed E-state index contributed by atoms with van der Waals surface area (Å²) in [6.07, 6.45) is 0.834. The highest BCUT2D eigenvalue weighted by molar-refractivity contribution is 5.88. The van der Waals surface area contributed by atoms with Gasteiger partial charge in [0.15, 0.2) is 5.58 Å². The van der Waals surface area contributed by atoms with Crippen molar-refractivity contribution in [3.63, 3.8) is 0 Å². The summed E-state index contributed by atoms with van der Waals surface area (Å²) in [6.45, 7) is 2.01. The Bertz CT molecular complexity index is 528. The van der Waals surface area contributed by atoms with Gasteiger partial charge < -0.3 is 10.2 Å². The summed E-state index contributed by atoms with van der Waals surface area (Å²) in [5.74, 6) is 0. The molecule has 3 nitrogen and oxygen atoms in total. The molecule has 0 aliphatic rings. The molecule has 0 aliphatic heterocycles. The standard InChI is InChI=1S/C11H11NO2/c1-2-7-3-4-8-5-6-9(13)14-11(8)10(7)12/h3-6H,2,12H2,1H3. The van der Waals surface area contributed by atoms with Crippen LogP contribution in [0.4, 0.5) is 5.69 Å². The quantitative estimate of drug-likeness (QED) is 0.551. The van der Waals surface area contributed by atoms with Gasteiger partial charge in [-0.15, -0.1) is 0 Å². The minimum atomic E-state index is -0.363. The summed E-state index contributed by atoms with van der Waals surface area (Å²) in [7, 11) is 0. The number of nitrogen functional groups attached to an aromatic ring is 1. The number of fused-ring (bicyclic) bond motifs is 1. The molecule has 1 heterocycles. The van der Waals surface area contributed by atoms with Crippen LogP contribution in [0.1, 0.15) is 12.5 Å². The van der Waals surface area contributed by atoms with Gasteiger partial charge >= 0.3 is 5.63 Å².